The van der Waals surface area contributed by atoms with E-state index in [0.29, 0.717) is 36.4 Å². The molecule has 3 rings (SSSR count). The van der Waals surface area contributed by atoms with Crippen molar-refractivity contribution < 1.29 is 19.2 Å². The number of amides is 4. The number of hydrogen-bond donors (Lipinski definition) is 2. The lowest BCUT2D eigenvalue weighted by Gasteiger charge is -2.28. The molecule has 1 heterocycles. The Hall–Kier alpha value is -2.35. The Bertz CT molecular complexity index is 839. The number of nitrogens with one attached hydrogen (secondary N) is 2. The van der Waals surface area contributed by atoms with Gasteiger partial charge in [0, 0.05) is 36.2 Å². The molecule has 1 saturated carbocycles. The van der Waals surface area contributed by atoms with E-state index in [2.05, 4.69) is 17.6 Å². The van der Waals surface area contributed by atoms with Gasteiger partial charge in [-0.1, -0.05) is 19.3 Å². The molecule has 7 nitrogen and oxygen atoms in total. The first-order valence-electron chi connectivity index (χ1n) is 11.7. The maximum Gasteiger partial charge on any atom is 0.254 e. The standard InChI is InChI=1S/C23H31N3O4.C2H6S/c1-15(8-11-21(28)24-14-27)26-13-19-12-18(9-10-20(19)23(26)30)22(29)25-16(2)17-6-4-3-5-7-17;1-3-2/h9-10,12,14-17H,3-8,11,13H2,1-2H3,(H,25,29)(H,24,27,28);1-2H3. The summed E-state index contributed by atoms with van der Waals surface area (Å²) in [6, 6.07) is 5.24. The Balaban J connectivity index is 0.00000122. The minimum Gasteiger partial charge on any atom is -0.349 e. The Labute approximate surface area is 201 Å². The highest BCUT2D eigenvalue weighted by Gasteiger charge is 2.31. The molecule has 2 atom stereocenters. The molecule has 1 aliphatic carbocycles. The van der Waals surface area contributed by atoms with Gasteiger partial charge in [0.2, 0.25) is 12.3 Å². The maximum absolute atomic E-state index is 12.8. The minimum atomic E-state index is -0.355. The molecule has 182 valence electrons. The normalized spacial score (nSPS) is 17.3. The highest BCUT2D eigenvalue weighted by molar-refractivity contribution is 7.97. The Morgan fingerprint density at radius 3 is 2.48 bits per heavy atom. The molecule has 0 aromatic heterocycles. The summed E-state index contributed by atoms with van der Waals surface area (Å²) in [5.74, 6) is -0.00491. The predicted molar refractivity (Wildman–Crippen MR) is 132 cm³/mol. The third-order valence-electron chi connectivity index (χ3n) is 6.46. The molecule has 1 aromatic carbocycles. The molecular formula is C25H37N3O4S. The number of thioether (sulfide) groups is 1. The Kier molecular flexibility index (Phi) is 10.9. The first-order chi connectivity index (χ1) is 15.8. The molecule has 4 amide bonds. The molecule has 0 radical (unpaired) electrons. The number of fused-ring (bicyclic) bond motifs is 1. The van der Waals surface area contributed by atoms with E-state index in [9.17, 15) is 19.2 Å². The molecule has 1 fully saturated rings. The smallest absolute Gasteiger partial charge is 0.254 e. The van der Waals surface area contributed by atoms with E-state index in [1.54, 1.807) is 28.8 Å². The second-order valence-corrected chi connectivity index (χ2v) is 9.76. The molecular weight excluding hydrogens is 438 g/mol. The van der Waals surface area contributed by atoms with Gasteiger partial charge in [-0.05, 0) is 75.3 Å². The van der Waals surface area contributed by atoms with Crippen LogP contribution in [0.5, 0.6) is 0 Å². The van der Waals surface area contributed by atoms with Crippen LogP contribution < -0.4 is 10.6 Å². The highest BCUT2D eigenvalue weighted by atomic mass is 32.2. The van der Waals surface area contributed by atoms with Crippen molar-refractivity contribution >= 4 is 35.9 Å². The van der Waals surface area contributed by atoms with Crippen molar-refractivity contribution in [3.63, 3.8) is 0 Å². The summed E-state index contributed by atoms with van der Waals surface area (Å²) in [5.41, 5.74) is 2.02. The zero-order valence-electron chi connectivity index (χ0n) is 20.2. The molecule has 8 heteroatoms. The van der Waals surface area contributed by atoms with Crippen LogP contribution in [0.25, 0.3) is 0 Å². The third-order valence-corrected chi connectivity index (χ3v) is 6.46. The molecule has 33 heavy (non-hydrogen) atoms. The zero-order chi connectivity index (χ0) is 24.4. The topological polar surface area (TPSA) is 95.6 Å². The fourth-order valence-corrected chi connectivity index (χ4v) is 4.52. The van der Waals surface area contributed by atoms with Gasteiger partial charge in [-0.15, -0.1) is 0 Å². The van der Waals surface area contributed by atoms with Gasteiger partial charge in [0.05, 0.1) is 0 Å². The van der Waals surface area contributed by atoms with Gasteiger partial charge in [-0.2, -0.15) is 11.8 Å². The lowest BCUT2D eigenvalue weighted by atomic mass is 9.84. The summed E-state index contributed by atoms with van der Waals surface area (Å²) >= 11 is 1.75. The summed E-state index contributed by atoms with van der Waals surface area (Å²) in [5, 5.41) is 5.25. The van der Waals surface area contributed by atoms with Gasteiger partial charge in [0.15, 0.2) is 0 Å². The van der Waals surface area contributed by atoms with E-state index in [0.717, 1.165) is 18.4 Å². The molecule has 1 aliphatic heterocycles. The van der Waals surface area contributed by atoms with E-state index in [1.165, 1.54) is 19.3 Å². The molecule has 0 spiro atoms. The monoisotopic (exact) mass is 475 g/mol. The second-order valence-electron chi connectivity index (χ2n) is 8.95. The van der Waals surface area contributed by atoms with Crippen LogP contribution in [0.1, 0.15) is 85.1 Å². The lowest BCUT2D eigenvalue weighted by molar-refractivity contribution is -0.125. The number of imide groups is 1. The average Bonchev–Trinajstić information content (AvgIpc) is 3.14. The van der Waals surface area contributed by atoms with Crippen molar-refractivity contribution in [2.75, 3.05) is 12.5 Å². The van der Waals surface area contributed by atoms with Crippen molar-refractivity contribution in [2.24, 2.45) is 5.92 Å². The van der Waals surface area contributed by atoms with E-state index in [4.69, 9.17) is 0 Å². The number of benzene rings is 1. The van der Waals surface area contributed by atoms with Gasteiger partial charge in [-0.25, -0.2) is 0 Å². The summed E-state index contributed by atoms with van der Waals surface area (Å²) in [7, 11) is 0. The Morgan fingerprint density at radius 2 is 1.85 bits per heavy atom. The van der Waals surface area contributed by atoms with Gasteiger partial charge < -0.3 is 10.2 Å². The minimum absolute atomic E-state index is 0.0872. The lowest BCUT2D eigenvalue weighted by Crippen LogP contribution is -2.38. The molecule has 2 aliphatic rings. The molecule has 2 N–H and O–H groups in total. The van der Waals surface area contributed by atoms with E-state index in [-0.39, 0.29) is 36.2 Å². The number of hydrogen-bond acceptors (Lipinski definition) is 5. The predicted octanol–water partition coefficient (Wildman–Crippen LogP) is 3.76. The highest BCUT2D eigenvalue weighted by Crippen LogP contribution is 2.28. The quantitative estimate of drug-likeness (QED) is 0.558. The van der Waals surface area contributed by atoms with Crippen molar-refractivity contribution in [1.29, 1.82) is 0 Å². The van der Waals surface area contributed by atoms with Gasteiger partial charge in [0.1, 0.15) is 0 Å². The van der Waals surface area contributed by atoms with Crippen LogP contribution >= 0.6 is 11.8 Å². The van der Waals surface area contributed by atoms with Crippen LogP contribution in [0.2, 0.25) is 0 Å². The van der Waals surface area contributed by atoms with Gasteiger partial charge in [-0.3, -0.25) is 24.5 Å². The molecule has 2 unspecified atom stereocenters. The fraction of sp³-hybridized carbons (Fsp3) is 0.600. The van der Waals surface area contributed by atoms with Gasteiger partial charge in [0.25, 0.3) is 11.8 Å². The van der Waals surface area contributed by atoms with Crippen LogP contribution in [0, 0.1) is 5.92 Å². The Morgan fingerprint density at radius 1 is 1.18 bits per heavy atom. The van der Waals surface area contributed by atoms with Crippen molar-refractivity contribution in [2.45, 2.75) is 77.4 Å². The van der Waals surface area contributed by atoms with Gasteiger partial charge >= 0.3 is 0 Å². The first kappa shape index (κ1) is 26.9. The van der Waals surface area contributed by atoms with Crippen LogP contribution in [0.4, 0.5) is 0 Å². The number of nitrogens with zero attached hydrogens (tertiary/aromatic N) is 1. The van der Waals surface area contributed by atoms with Crippen LogP contribution in [0.15, 0.2) is 18.2 Å². The molecule has 0 saturated heterocycles. The van der Waals surface area contributed by atoms with E-state index < -0.39 is 0 Å². The average molecular weight is 476 g/mol. The first-order valence-corrected chi connectivity index (χ1v) is 13.3. The van der Waals surface area contributed by atoms with Crippen LogP contribution in [-0.4, -0.2) is 53.6 Å². The van der Waals surface area contributed by atoms with Crippen LogP contribution in [0.3, 0.4) is 0 Å². The second kappa shape index (κ2) is 13.4. The van der Waals surface area contributed by atoms with E-state index >= 15 is 0 Å². The SMILES string of the molecule is CC(NC(=O)c1ccc2c(c1)CN(C(C)CCC(=O)NC=O)C2=O)C1CCCCC1.CSC. The van der Waals surface area contributed by atoms with E-state index in [1.807, 2.05) is 25.5 Å². The summed E-state index contributed by atoms with van der Waals surface area (Å²) in [4.78, 5) is 49.0. The molecule has 1 aromatic rings. The van der Waals surface area contributed by atoms with Crippen LogP contribution in [-0.2, 0) is 16.1 Å². The summed E-state index contributed by atoms with van der Waals surface area (Å²) in [6.45, 7) is 4.39. The largest absolute Gasteiger partial charge is 0.349 e. The zero-order valence-corrected chi connectivity index (χ0v) is 21.0. The summed E-state index contributed by atoms with van der Waals surface area (Å²) < 4.78 is 0. The number of carbonyl (C=O) groups is 4. The third kappa shape index (κ3) is 7.59. The summed E-state index contributed by atoms with van der Waals surface area (Å²) in [6.07, 6.45) is 11.2. The molecule has 0 bridgehead atoms. The fourth-order valence-electron chi connectivity index (χ4n) is 4.52. The number of carbonyl (C=O) groups excluding carboxylic acids is 4. The maximum atomic E-state index is 12.8. The number of rotatable bonds is 8. The van der Waals surface area contributed by atoms with Crippen molar-refractivity contribution in [3.8, 4) is 0 Å². The van der Waals surface area contributed by atoms with Crippen molar-refractivity contribution in [1.82, 2.24) is 15.5 Å². The van der Waals surface area contributed by atoms with Crippen molar-refractivity contribution in [3.05, 3.63) is 34.9 Å².